The predicted molar refractivity (Wildman–Crippen MR) is 75.8 cm³/mol. The zero-order valence-corrected chi connectivity index (χ0v) is 12.2. The summed E-state index contributed by atoms with van der Waals surface area (Å²) in [4.78, 5) is 14.6. The van der Waals surface area contributed by atoms with Crippen LogP contribution < -0.4 is 0 Å². The zero-order chi connectivity index (χ0) is 14.8. The molecule has 0 bridgehead atoms. The molecule has 1 aliphatic rings. The Balaban J connectivity index is 1.87. The second-order valence-corrected chi connectivity index (χ2v) is 5.14. The Morgan fingerprint density at radius 3 is 3.05 bits per heavy atom. The number of aromatic nitrogens is 4. The number of hydrogen-bond donors (Lipinski definition) is 1. The van der Waals surface area contributed by atoms with Crippen LogP contribution in [-0.2, 0) is 11.3 Å². The molecule has 3 heterocycles. The van der Waals surface area contributed by atoms with Gasteiger partial charge in [-0.25, -0.2) is 0 Å². The summed E-state index contributed by atoms with van der Waals surface area (Å²) in [5.74, 6) is -0.0167. The molecular weight excluding hydrogens is 270 g/mol. The van der Waals surface area contributed by atoms with Gasteiger partial charge in [0.05, 0.1) is 42.9 Å². The molecule has 0 radical (unpaired) electrons. The van der Waals surface area contributed by atoms with E-state index in [1.807, 2.05) is 18.7 Å². The minimum absolute atomic E-state index is 0.0167. The van der Waals surface area contributed by atoms with Crippen LogP contribution in [0.2, 0.25) is 0 Å². The first-order valence-electron chi connectivity index (χ1n) is 7.11. The summed E-state index contributed by atoms with van der Waals surface area (Å²) < 4.78 is 7.30. The number of rotatable bonds is 3. The first-order chi connectivity index (χ1) is 10.2. The molecule has 1 unspecified atom stereocenters. The van der Waals surface area contributed by atoms with Crippen LogP contribution in [0.5, 0.6) is 0 Å². The molecule has 1 aliphatic heterocycles. The molecule has 1 atom stereocenters. The molecule has 1 saturated heterocycles. The number of carbonyl (C=O) groups is 1. The average molecular weight is 289 g/mol. The Morgan fingerprint density at radius 1 is 1.52 bits per heavy atom. The van der Waals surface area contributed by atoms with Crippen molar-refractivity contribution in [2.75, 3.05) is 19.8 Å². The highest BCUT2D eigenvalue weighted by atomic mass is 16.5. The average Bonchev–Trinajstić information content (AvgIpc) is 3.15. The van der Waals surface area contributed by atoms with Gasteiger partial charge in [0.25, 0.3) is 5.91 Å². The van der Waals surface area contributed by atoms with E-state index < -0.39 is 0 Å². The van der Waals surface area contributed by atoms with Gasteiger partial charge in [0.1, 0.15) is 0 Å². The van der Waals surface area contributed by atoms with Crippen molar-refractivity contribution >= 4 is 5.91 Å². The molecule has 112 valence electrons. The third-order valence-electron chi connectivity index (χ3n) is 3.79. The summed E-state index contributed by atoms with van der Waals surface area (Å²) in [6, 6.07) is -0.126. The molecule has 2 aromatic heterocycles. The third-order valence-corrected chi connectivity index (χ3v) is 3.79. The molecule has 1 N–H and O–H groups in total. The van der Waals surface area contributed by atoms with Crippen molar-refractivity contribution in [2.24, 2.45) is 0 Å². The van der Waals surface area contributed by atoms with Gasteiger partial charge >= 0.3 is 0 Å². The van der Waals surface area contributed by atoms with Gasteiger partial charge in [0.2, 0.25) is 0 Å². The van der Waals surface area contributed by atoms with Crippen molar-refractivity contribution in [1.29, 1.82) is 0 Å². The van der Waals surface area contributed by atoms with E-state index in [0.29, 0.717) is 25.3 Å². The lowest BCUT2D eigenvalue weighted by atomic mass is 10.1. The van der Waals surface area contributed by atoms with E-state index in [2.05, 4.69) is 15.3 Å². The van der Waals surface area contributed by atoms with Gasteiger partial charge in [-0.3, -0.25) is 14.6 Å². The number of carbonyl (C=O) groups excluding carboxylic acids is 1. The lowest BCUT2D eigenvalue weighted by Crippen LogP contribution is -2.43. The maximum atomic E-state index is 12.7. The van der Waals surface area contributed by atoms with E-state index in [1.165, 1.54) is 0 Å². The molecule has 1 amide bonds. The Hall–Kier alpha value is -2.15. The number of hydrogen-bond acceptors (Lipinski definition) is 4. The summed E-state index contributed by atoms with van der Waals surface area (Å²) in [7, 11) is 0. The quantitative estimate of drug-likeness (QED) is 0.919. The van der Waals surface area contributed by atoms with Crippen molar-refractivity contribution < 1.29 is 9.53 Å². The van der Waals surface area contributed by atoms with Gasteiger partial charge in [-0.2, -0.15) is 10.2 Å². The van der Waals surface area contributed by atoms with Crippen LogP contribution in [0.3, 0.4) is 0 Å². The highest BCUT2D eigenvalue weighted by molar-refractivity contribution is 5.94. The molecule has 7 nitrogen and oxygen atoms in total. The van der Waals surface area contributed by atoms with Crippen molar-refractivity contribution in [3.05, 3.63) is 35.4 Å². The molecule has 0 aliphatic carbocycles. The SMILES string of the molecule is CCn1cc(C(=O)N2CCOCC2c2[nH]ncc2C)cn1. The second-order valence-electron chi connectivity index (χ2n) is 5.14. The monoisotopic (exact) mass is 289 g/mol. The third kappa shape index (κ3) is 2.56. The first kappa shape index (κ1) is 13.8. The lowest BCUT2D eigenvalue weighted by Gasteiger charge is -2.35. The minimum atomic E-state index is -0.126. The van der Waals surface area contributed by atoms with E-state index in [4.69, 9.17) is 4.74 Å². The number of H-pyrrole nitrogens is 1. The van der Waals surface area contributed by atoms with Gasteiger partial charge in [-0.15, -0.1) is 0 Å². The van der Waals surface area contributed by atoms with Crippen LogP contribution in [0.4, 0.5) is 0 Å². The van der Waals surface area contributed by atoms with Crippen LogP contribution in [0, 0.1) is 6.92 Å². The summed E-state index contributed by atoms with van der Waals surface area (Å²) in [6.45, 7) is 6.32. The topological polar surface area (TPSA) is 76.0 Å². The molecule has 0 aromatic carbocycles. The van der Waals surface area contributed by atoms with Gasteiger partial charge in [-0.1, -0.05) is 0 Å². The molecule has 7 heteroatoms. The smallest absolute Gasteiger partial charge is 0.257 e. The van der Waals surface area contributed by atoms with E-state index >= 15 is 0 Å². The summed E-state index contributed by atoms with van der Waals surface area (Å²) in [5, 5.41) is 11.2. The standard InChI is InChI=1S/C14H19N5O2/c1-3-18-8-11(7-16-18)14(20)19-4-5-21-9-12(19)13-10(2)6-15-17-13/h6-8,12H,3-5,9H2,1-2H3,(H,15,17). The Bertz CT molecular complexity index is 633. The second kappa shape index (κ2) is 5.69. The minimum Gasteiger partial charge on any atom is -0.377 e. The van der Waals surface area contributed by atoms with E-state index in [-0.39, 0.29) is 11.9 Å². The Morgan fingerprint density at radius 2 is 2.38 bits per heavy atom. The summed E-state index contributed by atoms with van der Waals surface area (Å²) in [5.41, 5.74) is 2.58. The molecular formula is C14H19N5O2. The molecule has 2 aromatic rings. The number of nitrogens with one attached hydrogen (secondary N) is 1. The zero-order valence-electron chi connectivity index (χ0n) is 12.2. The van der Waals surface area contributed by atoms with Crippen molar-refractivity contribution in [3.8, 4) is 0 Å². The normalized spacial score (nSPS) is 19.0. The van der Waals surface area contributed by atoms with Crippen molar-refractivity contribution in [3.63, 3.8) is 0 Å². The van der Waals surface area contributed by atoms with Crippen molar-refractivity contribution in [1.82, 2.24) is 24.9 Å². The lowest BCUT2D eigenvalue weighted by molar-refractivity contribution is -0.00408. The highest BCUT2D eigenvalue weighted by Crippen LogP contribution is 2.26. The number of nitrogens with zero attached hydrogens (tertiary/aromatic N) is 4. The van der Waals surface area contributed by atoms with Crippen LogP contribution in [-0.4, -0.2) is 50.5 Å². The fourth-order valence-corrected chi connectivity index (χ4v) is 2.59. The van der Waals surface area contributed by atoms with Gasteiger partial charge in [0, 0.05) is 19.3 Å². The maximum Gasteiger partial charge on any atom is 0.257 e. The van der Waals surface area contributed by atoms with Crippen LogP contribution in [0.1, 0.15) is 34.6 Å². The molecule has 3 rings (SSSR count). The summed E-state index contributed by atoms with van der Waals surface area (Å²) in [6.07, 6.45) is 5.18. The highest BCUT2D eigenvalue weighted by Gasteiger charge is 2.31. The van der Waals surface area contributed by atoms with Crippen LogP contribution in [0.25, 0.3) is 0 Å². The van der Waals surface area contributed by atoms with Crippen LogP contribution >= 0.6 is 0 Å². The fourth-order valence-electron chi connectivity index (χ4n) is 2.59. The van der Waals surface area contributed by atoms with Gasteiger partial charge in [0.15, 0.2) is 0 Å². The fraction of sp³-hybridized carbons (Fsp3) is 0.500. The first-order valence-corrected chi connectivity index (χ1v) is 7.11. The number of morpholine rings is 1. The van der Waals surface area contributed by atoms with Crippen molar-refractivity contribution in [2.45, 2.75) is 26.4 Å². The molecule has 1 fully saturated rings. The largest absolute Gasteiger partial charge is 0.377 e. The molecule has 0 spiro atoms. The number of aryl methyl sites for hydroxylation is 2. The number of aromatic amines is 1. The maximum absolute atomic E-state index is 12.7. The Kier molecular flexibility index (Phi) is 3.74. The van der Waals surface area contributed by atoms with Gasteiger partial charge < -0.3 is 9.64 Å². The van der Waals surface area contributed by atoms with E-state index in [1.54, 1.807) is 23.3 Å². The number of amides is 1. The molecule has 0 saturated carbocycles. The predicted octanol–water partition coefficient (Wildman–Crippen LogP) is 1.15. The van der Waals surface area contributed by atoms with E-state index in [9.17, 15) is 4.79 Å². The summed E-state index contributed by atoms with van der Waals surface area (Å²) >= 11 is 0. The van der Waals surface area contributed by atoms with E-state index in [0.717, 1.165) is 17.8 Å². The van der Waals surface area contributed by atoms with Crippen LogP contribution in [0.15, 0.2) is 18.6 Å². The number of ether oxygens (including phenoxy) is 1. The Labute approximate surface area is 122 Å². The molecule has 21 heavy (non-hydrogen) atoms. The van der Waals surface area contributed by atoms with Gasteiger partial charge in [-0.05, 0) is 19.4 Å².